The number of aryl methyl sites for hydroxylation is 1. The summed E-state index contributed by atoms with van der Waals surface area (Å²) in [5, 5.41) is 0. The Kier molecular flexibility index (Phi) is 1.95. The van der Waals surface area contributed by atoms with Crippen molar-refractivity contribution in [3.63, 3.8) is 0 Å². The van der Waals surface area contributed by atoms with Crippen molar-refractivity contribution in [1.82, 2.24) is 0 Å². The first kappa shape index (κ1) is 8.49. The summed E-state index contributed by atoms with van der Waals surface area (Å²) in [5.41, 5.74) is 3.37. The summed E-state index contributed by atoms with van der Waals surface area (Å²) < 4.78 is 0. The number of Topliss-reactive ketones (excluding diaryl/α,β-unsaturated/α-hetero) is 1. The number of hydrogen-bond acceptors (Lipinski definition) is 1. The summed E-state index contributed by atoms with van der Waals surface area (Å²) in [6.07, 6.45) is 1.73. The van der Waals surface area contributed by atoms with Gasteiger partial charge in [0.15, 0.2) is 5.78 Å². The fraction of sp³-hybridized carbons (Fsp3) is 0.417. The molecule has 0 aliphatic heterocycles. The van der Waals surface area contributed by atoms with Crippen LogP contribution in [0.3, 0.4) is 0 Å². The van der Waals surface area contributed by atoms with Crippen LogP contribution in [0.2, 0.25) is 0 Å². The molecule has 0 N–H and O–H groups in total. The lowest BCUT2D eigenvalue weighted by molar-refractivity contribution is 0.0967. The molecule has 1 atom stereocenters. The van der Waals surface area contributed by atoms with E-state index in [0.717, 1.165) is 24.0 Å². The first-order valence-electron chi connectivity index (χ1n) is 4.83. The van der Waals surface area contributed by atoms with E-state index in [1.165, 1.54) is 5.56 Å². The van der Waals surface area contributed by atoms with E-state index >= 15 is 0 Å². The normalized spacial score (nSPS) is 21.4. The maximum Gasteiger partial charge on any atom is 0.163 e. The van der Waals surface area contributed by atoms with Crippen LogP contribution in [0.4, 0.5) is 0 Å². The Morgan fingerprint density at radius 2 is 2.15 bits per heavy atom. The summed E-state index contributed by atoms with van der Waals surface area (Å²) in [7, 11) is 0. The van der Waals surface area contributed by atoms with E-state index in [1.807, 2.05) is 19.1 Å². The Balaban J connectivity index is 2.63. The first-order chi connectivity index (χ1) is 6.20. The molecule has 0 aromatic heterocycles. The van der Waals surface area contributed by atoms with Crippen molar-refractivity contribution in [2.24, 2.45) is 0 Å². The third kappa shape index (κ3) is 1.28. The van der Waals surface area contributed by atoms with Crippen LogP contribution in [-0.2, 0) is 0 Å². The third-order valence-corrected chi connectivity index (χ3v) is 2.92. The highest BCUT2D eigenvalue weighted by Gasteiger charge is 2.23. The van der Waals surface area contributed by atoms with Gasteiger partial charge in [0.2, 0.25) is 0 Å². The lowest BCUT2D eigenvalue weighted by atomic mass is 9.81. The van der Waals surface area contributed by atoms with Crippen molar-refractivity contribution in [2.45, 2.75) is 32.6 Å². The summed E-state index contributed by atoms with van der Waals surface area (Å²) in [6.45, 7) is 4.22. The number of rotatable bonds is 0. The Morgan fingerprint density at radius 3 is 2.85 bits per heavy atom. The fourth-order valence-electron chi connectivity index (χ4n) is 2.11. The van der Waals surface area contributed by atoms with Crippen LogP contribution in [0.1, 0.15) is 47.2 Å². The van der Waals surface area contributed by atoms with Crippen LogP contribution < -0.4 is 0 Å². The number of carbonyl (C=O) groups is 1. The molecule has 0 saturated heterocycles. The van der Waals surface area contributed by atoms with E-state index < -0.39 is 0 Å². The van der Waals surface area contributed by atoms with Crippen LogP contribution in [-0.4, -0.2) is 5.78 Å². The first-order valence-corrected chi connectivity index (χ1v) is 4.83. The van der Waals surface area contributed by atoms with Crippen LogP contribution in [0, 0.1) is 6.92 Å². The zero-order valence-corrected chi connectivity index (χ0v) is 8.13. The zero-order chi connectivity index (χ0) is 9.42. The number of hydrogen-bond donors (Lipinski definition) is 0. The average Bonchev–Trinajstić information content (AvgIpc) is 2.12. The molecule has 2 rings (SSSR count). The number of benzene rings is 1. The predicted octanol–water partition coefficient (Wildman–Crippen LogP) is 3.08. The van der Waals surface area contributed by atoms with Gasteiger partial charge in [0.1, 0.15) is 0 Å². The molecule has 1 aliphatic rings. The minimum atomic E-state index is 0.325. The summed E-state index contributed by atoms with van der Waals surface area (Å²) in [6, 6.07) is 6.15. The SMILES string of the molecule is Cc1cccc2c1C(=O)CCC2C. The highest BCUT2D eigenvalue weighted by molar-refractivity contribution is 6.00. The van der Waals surface area contributed by atoms with Crippen molar-refractivity contribution in [2.75, 3.05) is 0 Å². The van der Waals surface area contributed by atoms with E-state index in [4.69, 9.17) is 0 Å². The summed E-state index contributed by atoms with van der Waals surface area (Å²) in [5.74, 6) is 0.874. The van der Waals surface area contributed by atoms with Gasteiger partial charge in [0.05, 0.1) is 0 Å². The van der Waals surface area contributed by atoms with Crippen LogP contribution in [0.25, 0.3) is 0 Å². The van der Waals surface area contributed by atoms with Gasteiger partial charge in [-0.15, -0.1) is 0 Å². The van der Waals surface area contributed by atoms with Gasteiger partial charge in [0, 0.05) is 12.0 Å². The van der Waals surface area contributed by atoms with Crippen molar-refractivity contribution in [3.8, 4) is 0 Å². The predicted molar refractivity (Wildman–Crippen MR) is 53.2 cm³/mol. The molecular formula is C12H14O. The minimum absolute atomic E-state index is 0.325. The standard InChI is InChI=1S/C12H14O/c1-8-6-7-11(13)12-9(2)4-3-5-10(8)12/h3-5,8H,6-7H2,1-2H3. The molecule has 1 nitrogen and oxygen atoms in total. The minimum Gasteiger partial charge on any atom is -0.294 e. The van der Waals surface area contributed by atoms with Gasteiger partial charge in [-0.3, -0.25) is 4.79 Å². The maximum atomic E-state index is 11.7. The highest BCUT2D eigenvalue weighted by atomic mass is 16.1. The Hall–Kier alpha value is -1.11. The smallest absolute Gasteiger partial charge is 0.163 e. The molecule has 0 amide bonds. The lowest BCUT2D eigenvalue weighted by Crippen LogP contribution is -2.15. The largest absolute Gasteiger partial charge is 0.294 e. The van der Waals surface area contributed by atoms with E-state index in [-0.39, 0.29) is 0 Å². The Bertz CT molecular complexity index is 352. The molecule has 1 aromatic rings. The second-order valence-corrected chi connectivity index (χ2v) is 3.90. The van der Waals surface area contributed by atoms with E-state index in [2.05, 4.69) is 13.0 Å². The maximum absolute atomic E-state index is 11.7. The highest BCUT2D eigenvalue weighted by Crippen LogP contribution is 2.32. The quantitative estimate of drug-likeness (QED) is 0.590. The van der Waals surface area contributed by atoms with Crippen LogP contribution in [0.15, 0.2) is 18.2 Å². The van der Waals surface area contributed by atoms with E-state index in [1.54, 1.807) is 0 Å². The second-order valence-electron chi connectivity index (χ2n) is 3.90. The van der Waals surface area contributed by atoms with Crippen LogP contribution >= 0.6 is 0 Å². The van der Waals surface area contributed by atoms with Crippen molar-refractivity contribution >= 4 is 5.78 Å². The zero-order valence-electron chi connectivity index (χ0n) is 8.13. The van der Waals surface area contributed by atoms with Gasteiger partial charge in [-0.2, -0.15) is 0 Å². The molecule has 0 bridgehead atoms. The van der Waals surface area contributed by atoms with E-state index in [9.17, 15) is 4.79 Å². The van der Waals surface area contributed by atoms with Crippen molar-refractivity contribution in [1.29, 1.82) is 0 Å². The monoisotopic (exact) mass is 174 g/mol. The van der Waals surface area contributed by atoms with Gasteiger partial charge >= 0.3 is 0 Å². The van der Waals surface area contributed by atoms with Gasteiger partial charge < -0.3 is 0 Å². The van der Waals surface area contributed by atoms with Gasteiger partial charge in [-0.25, -0.2) is 0 Å². The van der Waals surface area contributed by atoms with Gasteiger partial charge in [0.25, 0.3) is 0 Å². The average molecular weight is 174 g/mol. The molecule has 1 aliphatic carbocycles. The molecule has 0 saturated carbocycles. The van der Waals surface area contributed by atoms with E-state index in [0.29, 0.717) is 11.7 Å². The fourth-order valence-corrected chi connectivity index (χ4v) is 2.11. The molecule has 1 aromatic carbocycles. The van der Waals surface area contributed by atoms with Gasteiger partial charge in [-0.05, 0) is 30.4 Å². The molecule has 13 heavy (non-hydrogen) atoms. The molecule has 0 radical (unpaired) electrons. The number of carbonyl (C=O) groups excluding carboxylic acids is 1. The van der Waals surface area contributed by atoms with Crippen molar-refractivity contribution in [3.05, 3.63) is 34.9 Å². The lowest BCUT2D eigenvalue weighted by Gasteiger charge is -2.22. The summed E-state index contributed by atoms with van der Waals surface area (Å²) in [4.78, 5) is 11.7. The van der Waals surface area contributed by atoms with Crippen LogP contribution in [0.5, 0.6) is 0 Å². The Morgan fingerprint density at radius 1 is 1.38 bits per heavy atom. The molecule has 0 heterocycles. The molecular weight excluding hydrogens is 160 g/mol. The number of fused-ring (bicyclic) bond motifs is 1. The van der Waals surface area contributed by atoms with Crippen molar-refractivity contribution < 1.29 is 4.79 Å². The second kappa shape index (κ2) is 2.99. The Labute approximate surface area is 78.8 Å². The topological polar surface area (TPSA) is 17.1 Å². The number of ketones is 1. The van der Waals surface area contributed by atoms with Gasteiger partial charge in [-0.1, -0.05) is 25.1 Å². The molecule has 0 spiro atoms. The molecule has 1 unspecified atom stereocenters. The molecule has 68 valence electrons. The third-order valence-electron chi connectivity index (χ3n) is 2.92. The molecule has 1 heteroatoms. The summed E-state index contributed by atoms with van der Waals surface area (Å²) >= 11 is 0. The molecule has 0 fully saturated rings.